The minimum atomic E-state index is 0. The Bertz CT molecular complexity index is 1140. The van der Waals surface area contributed by atoms with Crippen LogP contribution in [0.2, 0.25) is 0 Å². The quantitative estimate of drug-likeness (QED) is 0.396. The van der Waals surface area contributed by atoms with Crippen molar-refractivity contribution in [1.29, 1.82) is 0 Å². The van der Waals surface area contributed by atoms with Gasteiger partial charge in [0.25, 0.3) is 0 Å². The van der Waals surface area contributed by atoms with Crippen molar-refractivity contribution in [2.75, 3.05) is 32.1 Å². The van der Waals surface area contributed by atoms with Gasteiger partial charge in [0, 0.05) is 35.5 Å². The number of hydrogen-bond acceptors (Lipinski definition) is 6. The molecule has 0 bridgehead atoms. The fourth-order valence-electron chi connectivity index (χ4n) is 4.13. The van der Waals surface area contributed by atoms with Gasteiger partial charge in [0.2, 0.25) is 0 Å². The molecule has 4 aromatic rings. The fraction of sp³-hybridized carbons (Fsp3) is 0.348. The van der Waals surface area contributed by atoms with Crippen LogP contribution in [-0.2, 0) is 13.0 Å². The van der Waals surface area contributed by atoms with E-state index in [0.29, 0.717) is 0 Å². The van der Waals surface area contributed by atoms with E-state index in [1.54, 1.807) is 18.6 Å². The topological polar surface area (TPSA) is 82.0 Å². The van der Waals surface area contributed by atoms with Gasteiger partial charge in [-0.15, -0.1) is 12.4 Å². The van der Waals surface area contributed by atoms with Gasteiger partial charge in [-0.25, -0.2) is 0 Å². The van der Waals surface area contributed by atoms with Crippen LogP contribution in [0.25, 0.3) is 21.1 Å². The number of unbranched alkanes of at least 4 members (excludes halogenated alkanes) is 1. The molecule has 0 atom stereocenters. The highest BCUT2D eigenvalue weighted by atomic mass is 35.5. The smallest absolute Gasteiger partial charge is 0.147 e. The molecule has 0 aliphatic carbocycles. The number of fused-ring (bicyclic) bond motifs is 4. The minimum absolute atomic E-state index is 0. The van der Waals surface area contributed by atoms with Crippen LogP contribution in [0.4, 0.5) is 5.82 Å². The van der Waals surface area contributed by atoms with Crippen molar-refractivity contribution in [3.8, 4) is 5.75 Å². The summed E-state index contributed by atoms with van der Waals surface area (Å²) in [6, 6.07) is 14.5. The predicted octanol–water partition coefficient (Wildman–Crippen LogP) is 4.90. The molecule has 3 N–H and O–H groups in total. The second-order valence-corrected chi connectivity index (χ2v) is 8.36. The lowest BCUT2D eigenvalue weighted by Gasteiger charge is -2.25. The average molecular weight is 462 g/mol. The minimum Gasteiger partial charge on any atom is -0.497 e. The van der Waals surface area contributed by atoms with Gasteiger partial charge < -0.3 is 19.9 Å². The standard InChI is InChI=1S/C23H25N3O2S.ClH.H2O/c1-27-16-8-9-17-18-10-13-26(15-21(18)28-20(17)14-16)12-5-4-11-24-23-19-6-2-3-7-22(19)29-25-23;;/h2-3,6-9,14H,4-5,10-13,15H2,1H3,(H,24,25);1H;1H2. The number of hydrogen-bond donors (Lipinski definition) is 1. The fourth-order valence-corrected chi connectivity index (χ4v) is 4.89. The van der Waals surface area contributed by atoms with Crippen LogP contribution in [0, 0.1) is 0 Å². The molecule has 0 amide bonds. The maximum atomic E-state index is 6.14. The highest BCUT2D eigenvalue weighted by Crippen LogP contribution is 2.32. The zero-order valence-corrected chi connectivity index (χ0v) is 19.2. The number of furan rings is 1. The van der Waals surface area contributed by atoms with Crippen LogP contribution in [0.3, 0.4) is 0 Å². The third-order valence-corrected chi connectivity index (χ3v) is 6.53. The molecule has 31 heavy (non-hydrogen) atoms. The van der Waals surface area contributed by atoms with Crippen molar-refractivity contribution in [2.24, 2.45) is 0 Å². The van der Waals surface area contributed by atoms with Crippen molar-refractivity contribution in [1.82, 2.24) is 9.27 Å². The molecule has 0 spiro atoms. The third kappa shape index (κ3) is 4.80. The van der Waals surface area contributed by atoms with Gasteiger partial charge in [0.05, 0.1) is 18.4 Å². The number of nitrogens with one attached hydrogen (secondary N) is 1. The molecule has 0 saturated carbocycles. The van der Waals surface area contributed by atoms with Gasteiger partial charge in [-0.3, -0.25) is 4.90 Å². The van der Waals surface area contributed by atoms with Gasteiger partial charge in [0.1, 0.15) is 22.9 Å². The summed E-state index contributed by atoms with van der Waals surface area (Å²) in [6.45, 7) is 4.05. The molecule has 1 aliphatic rings. The van der Waals surface area contributed by atoms with E-state index in [2.05, 4.69) is 44.9 Å². The van der Waals surface area contributed by atoms with E-state index in [1.165, 1.54) is 27.5 Å². The monoisotopic (exact) mass is 461 g/mol. The van der Waals surface area contributed by atoms with Crippen LogP contribution >= 0.6 is 23.9 Å². The summed E-state index contributed by atoms with van der Waals surface area (Å²) >= 11 is 1.56. The first kappa shape index (κ1) is 23.3. The van der Waals surface area contributed by atoms with Gasteiger partial charge >= 0.3 is 0 Å². The molecule has 0 saturated heterocycles. The average Bonchev–Trinajstić information content (AvgIpc) is 3.33. The normalized spacial score (nSPS) is 13.5. The summed E-state index contributed by atoms with van der Waals surface area (Å²) in [5.74, 6) is 2.98. The zero-order valence-electron chi connectivity index (χ0n) is 17.5. The van der Waals surface area contributed by atoms with Crippen molar-refractivity contribution in [2.45, 2.75) is 25.8 Å². The van der Waals surface area contributed by atoms with E-state index in [1.807, 2.05) is 12.1 Å². The molecule has 2 aromatic carbocycles. The Balaban J connectivity index is 0.00000136. The van der Waals surface area contributed by atoms with Crippen LogP contribution in [-0.4, -0.2) is 41.5 Å². The van der Waals surface area contributed by atoms with Crippen molar-refractivity contribution < 1.29 is 14.6 Å². The lowest BCUT2D eigenvalue weighted by molar-refractivity contribution is 0.228. The van der Waals surface area contributed by atoms with Crippen LogP contribution < -0.4 is 10.1 Å². The summed E-state index contributed by atoms with van der Waals surface area (Å²) in [5.41, 5.74) is 2.31. The van der Waals surface area contributed by atoms with Crippen molar-refractivity contribution >= 4 is 50.8 Å². The number of aromatic nitrogens is 1. The van der Waals surface area contributed by atoms with E-state index >= 15 is 0 Å². The SMILES string of the molecule is COc1ccc2c3c(oc2c1)CN(CCCCNc1nsc2ccccc12)CC3.Cl.O. The molecule has 166 valence electrons. The van der Waals surface area contributed by atoms with E-state index in [0.717, 1.165) is 61.9 Å². The van der Waals surface area contributed by atoms with Crippen molar-refractivity contribution in [3.63, 3.8) is 0 Å². The molecular weight excluding hydrogens is 434 g/mol. The van der Waals surface area contributed by atoms with Gasteiger partial charge in [0.15, 0.2) is 0 Å². The molecular formula is C23H28ClN3O3S. The number of halogens is 1. The molecule has 5 rings (SSSR count). The molecule has 0 radical (unpaired) electrons. The maximum Gasteiger partial charge on any atom is 0.147 e. The first-order valence-electron chi connectivity index (χ1n) is 10.2. The predicted molar refractivity (Wildman–Crippen MR) is 130 cm³/mol. The molecule has 6 nitrogen and oxygen atoms in total. The van der Waals surface area contributed by atoms with E-state index in [9.17, 15) is 0 Å². The van der Waals surface area contributed by atoms with Crippen molar-refractivity contribution in [3.05, 3.63) is 53.8 Å². The lowest BCUT2D eigenvalue weighted by atomic mass is 10.0. The van der Waals surface area contributed by atoms with Gasteiger partial charge in [-0.1, -0.05) is 12.1 Å². The van der Waals surface area contributed by atoms with E-state index < -0.39 is 0 Å². The lowest BCUT2D eigenvalue weighted by Crippen LogP contribution is -2.31. The Morgan fingerprint density at radius 3 is 2.90 bits per heavy atom. The molecule has 1 aliphatic heterocycles. The Hall–Kier alpha value is -2.32. The Morgan fingerprint density at radius 1 is 1.16 bits per heavy atom. The summed E-state index contributed by atoms with van der Waals surface area (Å²) in [4.78, 5) is 2.50. The number of ether oxygens (including phenoxy) is 1. The second kappa shape index (κ2) is 10.3. The molecule has 0 unspecified atom stereocenters. The van der Waals surface area contributed by atoms with E-state index in [4.69, 9.17) is 9.15 Å². The number of anilines is 1. The molecule has 2 aromatic heterocycles. The number of benzene rings is 2. The second-order valence-electron chi connectivity index (χ2n) is 7.55. The van der Waals surface area contributed by atoms with Crippen LogP contribution in [0.5, 0.6) is 5.75 Å². The summed E-state index contributed by atoms with van der Waals surface area (Å²) in [5, 5.41) is 5.96. The van der Waals surface area contributed by atoms with Crippen LogP contribution in [0.15, 0.2) is 46.9 Å². The first-order chi connectivity index (χ1) is 14.3. The summed E-state index contributed by atoms with van der Waals surface area (Å²) in [6.07, 6.45) is 3.35. The highest BCUT2D eigenvalue weighted by molar-refractivity contribution is 7.13. The molecule has 3 heterocycles. The third-order valence-electron chi connectivity index (χ3n) is 5.70. The Labute approximate surface area is 192 Å². The summed E-state index contributed by atoms with van der Waals surface area (Å²) < 4.78 is 17.2. The number of methoxy groups -OCH3 is 1. The first-order valence-corrected chi connectivity index (χ1v) is 11.0. The molecule has 8 heteroatoms. The maximum absolute atomic E-state index is 6.14. The number of nitrogens with zero attached hydrogens (tertiary/aromatic N) is 2. The van der Waals surface area contributed by atoms with E-state index in [-0.39, 0.29) is 17.9 Å². The highest BCUT2D eigenvalue weighted by Gasteiger charge is 2.22. The Kier molecular flexibility index (Phi) is 7.78. The van der Waals surface area contributed by atoms with Gasteiger partial charge in [-0.05, 0) is 61.6 Å². The largest absolute Gasteiger partial charge is 0.497 e. The summed E-state index contributed by atoms with van der Waals surface area (Å²) in [7, 11) is 1.69. The van der Waals surface area contributed by atoms with Crippen LogP contribution in [0.1, 0.15) is 24.2 Å². The zero-order chi connectivity index (χ0) is 19.6. The molecule has 0 fully saturated rings. The van der Waals surface area contributed by atoms with Gasteiger partial charge in [-0.2, -0.15) is 4.37 Å². The Morgan fingerprint density at radius 2 is 2.03 bits per heavy atom. The number of rotatable bonds is 7.